The molecule has 1 heterocycles. The molecule has 0 aliphatic carbocycles. The highest BCUT2D eigenvalue weighted by atomic mass is 16.5. The Morgan fingerprint density at radius 2 is 2.25 bits per heavy atom. The highest BCUT2D eigenvalue weighted by molar-refractivity contribution is 5.69. The fraction of sp³-hybridized carbons (Fsp3) is 0.333. The average Bonchev–Trinajstić information content (AvgIpc) is 2.76. The van der Waals surface area contributed by atoms with Crippen LogP contribution in [0.3, 0.4) is 0 Å². The number of hydrogen-bond acceptors (Lipinski definition) is 4. The number of oxazole rings is 1. The highest BCUT2D eigenvalue weighted by Gasteiger charge is 2.13. The summed E-state index contributed by atoms with van der Waals surface area (Å²) in [5, 5.41) is 8.75. The van der Waals surface area contributed by atoms with Crippen molar-refractivity contribution in [3.63, 3.8) is 0 Å². The van der Waals surface area contributed by atoms with Gasteiger partial charge in [0.2, 0.25) is 5.89 Å². The number of ether oxygens (including phenoxy) is 1. The topological polar surface area (TPSA) is 72.6 Å². The lowest BCUT2D eigenvalue weighted by Crippen LogP contribution is -2.02. The number of benzene rings is 1. The van der Waals surface area contributed by atoms with Crippen LogP contribution in [0.2, 0.25) is 0 Å². The van der Waals surface area contributed by atoms with Crippen LogP contribution in [0.1, 0.15) is 29.8 Å². The standard InChI is InChI=1S/C15H17NO4/c1-3-11-5-4-6-12(7-11)19-9-14-16-13(8-15(17)18)10(2)20-14/h4-7H,3,8-9H2,1-2H3,(H,17,18). The molecule has 0 amide bonds. The van der Waals surface area contributed by atoms with E-state index >= 15 is 0 Å². The summed E-state index contributed by atoms with van der Waals surface area (Å²) >= 11 is 0. The van der Waals surface area contributed by atoms with E-state index in [0.29, 0.717) is 17.3 Å². The Hall–Kier alpha value is -2.30. The maximum atomic E-state index is 10.7. The number of hydrogen-bond donors (Lipinski definition) is 1. The third-order valence-electron chi connectivity index (χ3n) is 2.92. The molecule has 5 nitrogen and oxygen atoms in total. The molecule has 0 radical (unpaired) electrons. The van der Waals surface area contributed by atoms with Gasteiger partial charge in [-0.25, -0.2) is 4.98 Å². The Morgan fingerprint density at radius 1 is 1.45 bits per heavy atom. The number of carboxylic acid groups (broad SMARTS) is 1. The molecule has 2 aromatic rings. The zero-order chi connectivity index (χ0) is 14.5. The zero-order valence-corrected chi connectivity index (χ0v) is 11.5. The van der Waals surface area contributed by atoms with Gasteiger partial charge in [0.15, 0.2) is 6.61 Å². The van der Waals surface area contributed by atoms with Crippen molar-refractivity contribution in [1.82, 2.24) is 4.98 Å². The molecule has 0 aliphatic heterocycles. The SMILES string of the molecule is CCc1cccc(OCc2nc(CC(=O)O)c(C)o2)c1. The maximum Gasteiger partial charge on any atom is 0.309 e. The van der Waals surface area contributed by atoms with Crippen LogP contribution in [-0.4, -0.2) is 16.1 Å². The van der Waals surface area contributed by atoms with E-state index < -0.39 is 5.97 Å². The Bertz CT molecular complexity index is 604. The largest absolute Gasteiger partial charge is 0.484 e. The van der Waals surface area contributed by atoms with Crippen LogP contribution < -0.4 is 4.74 Å². The molecule has 0 fully saturated rings. The second-order valence-electron chi connectivity index (χ2n) is 4.47. The Labute approximate surface area is 117 Å². The summed E-state index contributed by atoms with van der Waals surface area (Å²) in [6.07, 6.45) is 0.804. The number of carbonyl (C=O) groups is 1. The third-order valence-corrected chi connectivity index (χ3v) is 2.92. The molecule has 1 aromatic carbocycles. The summed E-state index contributed by atoms with van der Waals surface area (Å²) in [5.41, 5.74) is 1.64. The van der Waals surface area contributed by atoms with Gasteiger partial charge in [-0.2, -0.15) is 0 Å². The van der Waals surface area contributed by atoms with Gasteiger partial charge in [-0.3, -0.25) is 4.79 Å². The lowest BCUT2D eigenvalue weighted by atomic mass is 10.2. The van der Waals surface area contributed by atoms with Gasteiger partial charge in [-0.1, -0.05) is 19.1 Å². The summed E-state index contributed by atoms with van der Waals surface area (Å²) in [6.45, 7) is 3.97. The van der Waals surface area contributed by atoms with Crippen LogP contribution >= 0.6 is 0 Å². The summed E-state index contributed by atoms with van der Waals surface area (Å²) < 4.78 is 11.0. The molecule has 20 heavy (non-hydrogen) atoms. The minimum absolute atomic E-state index is 0.138. The number of aliphatic carboxylic acids is 1. The molecule has 1 aromatic heterocycles. The summed E-state index contributed by atoms with van der Waals surface area (Å²) in [6, 6.07) is 7.80. The summed E-state index contributed by atoms with van der Waals surface area (Å²) in [5.74, 6) is 0.735. The van der Waals surface area contributed by atoms with Crippen molar-refractivity contribution >= 4 is 5.97 Å². The Kier molecular flexibility index (Phi) is 4.40. The van der Waals surface area contributed by atoms with Gasteiger partial charge >= 0.3 is 5.97 Å². The van der Waals surface area contributed by atoms with Crippen LogP contribution in [-0.2, 0) is 24.2 Å². The number of rotatable bonds is 6. The van der Waals surface area contributed by atoms with Gasteiger partial charge in [0.1, 0.15) is 11.5 Å². The smallest absolute Gasteiger partial charge is 0.309 e. The number of carboxylic acids is 1. The molecule has 0 bridgehead atoms. The lowest BCUT2D eigenvalue weighted by Gasteiger charge is -2.04. The Balaban J connectivity index is 2.01. The first-order chi connectivity index (χ1) is 9.58. The molecule has 0 unspecified atom stereocenters. The van der Waals surface area contributed by atoms with Gasteiger partial charge in [0.05, 0.1) is 12.1 Å². The summed E-state index contributed by atoms with van der Waals surface area (Å²) in [4.78, 5) is 14.8. The first-order valence-electron chi connectivity index (χ1n) is 6.47. The number of aromatic nitrogens is 1. The van der Waals surface area contributed by atoms with Gasteiger partial charge in [-0.05, 0) is 31.0 Å². The van der Waals surface area contributed by atoms with Crippen molar-refractivity contribution < 1.29 is 19.1 Å². The quantitative estimate of drug-likeness (QED) is 0.877. The highest BCUT2D eigenvalue weighted by Crippen LogP contribution is 2.17. The molecule has 1 N–H and O–H groups in total. The van der Waals surface area contributed by atoms with E-state index in [1.165, 1.54) is 5.56 Å². The van der Waals surface area contributed by atoms with E-state index in [0.717, 1.165) is 12.2 Å². The minimum atomic E-state index is -0.926. The second kappa shape index (κ2) is 6.23. The average molecular weight is 275 g/mol. The molecule has 5 heteroatoms. The zero-order valence-electron chi connectivity index (χ0n) is 11.5. The monoisotopic (exact) mass is 275 g/mol. The van der Waals surface area contributed by atoms with E-state index in [1.807, 2.05) is 24.3 Å². The van der Waals surface area contributed by atoms with Crippen molar-refractivity contribution in [2.45, 2.75) is 33.3 Å². The van der Waals surface area contributed by atoms with E-state index in [4.69, 9.17) is 14.3 Å². The van der Waals surface area contributed by atoms with Gasteiger partial charge in [0.25, 0.3) is 0 Å². The van der Waals surface area contributed by atoms with E-state index in [-0.39, 0.29) is 13.0 Å². The van der Waals surface area contributed by atoms with E-state index in [9.17, 15) is 4.79 Å². The first-order valence-corrected chi connectivity index (χ1v) is 6.47. The lowest BCUT2D eigenvalue weighted by molar-refractivity contribution is -0.136. The predicted molar refractivity (Wildman–Crippen MR) is 72.7 cm³/mol. The molecule has 0 saturated carbocycles. The van der Waals surface area contributed by atoms with Gasteiger partial charge in [-0.15, -0.1) is 0 Å². The molecular formula is C15H17NO4. The van der Waals surface area contributed by atoms with Crippen LogP contribution in [0.25, 0.3) is 0 Å². The Morgan fingerprint density at radius 3 is 2.95 bits per heavy atom. The van der Waals surface area contributed by atoms with Crippen LogP contribution in [0, 0.1) is 6.92 Å². The van der Waals surface area contributed by atoms with Crippen molar-refractivity contribution in [2.75, 3.05) is 0 Å². The molecule has 0 saturated heterocycles. The van der Waals surface area contributed by atoms with Gasteiger partial charge < -0.3 is 14.3 Å². The van der Waals surface area contributed by atoms with Crippen LogP contribution in [0.15, 0.2) is 28.7 Å². The van der Waals surface area contributed by atoms with E-state index in [2.05, 4.69) is 11.9 Å². The van der Waals surface area contributed by atoms with Gasteiger partial charge in [0, 0.05) is 0 Å². The van der Waals surface area contributed by atoms with Crippen LogP contribution in [0.4, 0.5) is 0 Å². The fourth-order valence-electron chi connectivity index (χ4n) is 1.86. The number of nitrogens with zero attached hydrogens (tertiary/aromatic N) is 1. The third kappa shape index (κ3) is 3.60. The molecule has 0 spiro atoms. The molecule has 106 valence electrons. The van der Waals surface area contributed by atoms with Crippen molar-refractivity contribution in [3.8, 4) is 5.75 Å². The maximum absolute atomic E-state index is 10.7. The molecule has 0 atom stereocenters. The molecule has 0 aliphatic rings. The van der Waals surface area contributed by atoms with Crippen molar-refractivity contribution in [2.24, 2.45) is 0 Å². The second-order valence-corrected chi connectivity index (χ2v) is 4.47. The van der Waals surface area contributed by atoms with E-state index in [1.54, 1.807) is 6.92 Å². The predicted octanol–water partition coefficient (Wildman–Crippen LogP) is 2.75. The van der Waals surface area contributed by atoms with Crippen LogP contribution in [0.5, 0.6) is 5.75 Å². The first kappa shape index (κ1) is 14.1. The number of aryl methyl sites for hydroxylation is 2. The minimum Gasteiger partial charge on any atom is -0.484 e. The molecular weight excluding hydrogens is 258 g/mol. The van der Waals surface area contributed by atoms with Crippen molar-refractivity contribution in [3.05, 3.63) is 47.2 Å². The normalized spacial score (nSPS) is 10.5. The summed E-state index contributed by atoms with van der Waals surface area (Å²) in [7, 11) is 0. The molecule has 2 rings (SSSR count). The fourth-order valence-corrected chi connectivity index (χ4v) is 1.86. The van der Waals surface area contributed by atoms with Crippen molar-refractivity contribution in [1.29, 1.82) is 0 Å².